The minimum Gasteiger partial charge on any atom is -0.497 e. The van der Waals surface area contributed by atoms with Crippen LogP contribution >= 0.6 is 0 Å². The lowest BCUT2D eigenvalue weighted by Crippen LogP contribution is -2.34. The monoisotopic (exact) mass is 289 g/mol. The van der Waals surface area contributed by atoms with Crippen molar-refractivity contribution >= 4 is 0 Å². The first-order chi connectivity index (χ1) is 10.0. The van der Waals surface area contributed by atoms with Crippen LogP contribution in [-0.4, -0.2) is 13.7 Å². The molecule has 0 fully saturated rings. The molecule has 0 radical (unpaired) electrons. The van der Waals surface area contributed by atoms with Gasteiger partial charge in [0.2, 0.25) is 0 Å². The van der Waals surface area contributed by atoms with Crippen molar-refractivity contribution in [2.45, 2.75) is 53.0 Å². The molecule has 1 unspecified atom stereocenters. The van der Waals surface area contributed by atoms with Gasteiger partial charge in [-0.2, -0.15) is 0 Å². The predicted octanol–water partition coefficient (Wildman–Crippen LogP) is 4.59. The first-order valence-electron chi connectivity index (χ1n) is 8.43. The fraction of sp³-hybridized carbons (Fsp3) is 0.684. The first-order valence-corrected chi connectivity index (χ1v) is 8.43. The lowest BCUT2D eigenvalue weighted by Gasteiger charge is -2.31. The molecular weight excluding hydrogens is 258 g/mol. The van der Waals surface area contributed by atoms with Gasteiger partial charge in [0, 0.05) is 6.04 Å². The van der Waals surface area contributed by atoms with E-state index in [2.05, 4.69) is 51.2 Å². The molecule has 2 heteroatoms. The van der Waals surface area contributed by atoms with Crippen LogP contribution in [0.15, 0.2) is 18.2 Å². The van der Waals surface area contributed by atoms with Crippen LogP contribution < -0.4 is 10.1 Å². The Morgan fingerprint density at radius 3 is 2.52 bits per heavy atom. The molecule has 0 heterocycles. The maximum absolute atomic E-state index is 5.36. The zero-order chi connectivity index (χ0) is 15.4. The van der Waals surface area contributed by atoms with Gasteiger partial charge in [0.25, 0.3) is 0 Å². The zero-order valence-electron chi connectivity index (χ0n) is 14.3. The van der Waals surface area contributed by atoms with Crippen molar-refractivity contribution in [1.29, 1.82) is 0 Å². The molecule has 2 rings (SSSR count). The van der Waals surface area contributed by atoms with E-state index in [9.17, 15) is 0 Å². The van der Waals surface area contributed by atoms with Crippen molar-refractivity contribution in [3.63, 3.8) is 0 Å². The lowest BCUT2D eigenvalue weighted by atomic mass is 9.83. The van der Waals surface area contributed by atoms with Gasteiger partial charge in [-0.05, 0) is 66.8 Å². The molecule has 1 atom stereocenters. The van der Waals surface area contributed by atoms with E-state index in [0.717, 1.165) is 30.0 Å². The van der Waals surface area contributed by atoms with Crippen LogP contribution in [0.1, 0.15) is 57.7 Å². The lowest BCUT2D eigenvalue weighted by molar-refractivity contribution is 0.260. The van der Waals surface area contributed by atoms with Gasteiger partial charge in [-0.3, -0.25) is 0 Å². The number of fused-ring (bicyclic) bond motifs is 1. The van der Waals surface area contributed by atoms with E-state index < -0.39 is 0 Å². The fourth-order valence-corrected chi connectivity index (χ4v) is 3.65. The summed E-state index contributed by atoms with van der Waals surface area (Å²) in [5.74, 6) is 3.19. The van der Waals surface area contributed by atoms with Crippen molar-refractivity contribution in [2.24, 2.45) is 17.8 Å². The van der Waals surface area contributed by atoms with Crippen LogP contribution in [0.4, 0.5) is 0 Å². The van der Waals surface area contributed by atoms with Crippen LogP contribution in [0.25, 0.3) is 0 Å². The van der Waals surface area contributed by atoms with Gasteiger partial charge < -0.3 is 10.1 Å². The summed E-state index contributed by atoms with van der Waals surface area (Å²) in [6, 6.07) is 7.08. The minimum absolute atomic E-state index is 0.514. The SMILES string of the molecule is COc1ccc2c(c1)CCCC2NCC(C(C)C)C(C)C. The van der Waals surface area contributed by atoms with Gasteiger partial charge in [-0.1, -0.05) is 33.8 Å². The molecule has 118 valence electrons. The second-order valence-electron chi connectivity index (χ2n) is 7.07. The molecule has 1 aromatic carbocycles. The third-order valence-corrected chi connectivity index (χ3v) is 4.98. The topological polar surface area (TPSA) is 21.3 Å². The second-order valence-corrected chi connectivity index (χ2v) is 7.07. The van der Waals surface area contributed by atoms with E-state index in [1.165, 1.54) is 30.4 Å². The number of methoxy groups -OCH3 is 1. The number of benzene rings is 1. The summed E-state index contributed by atoms with van der Waals surface area (Å²) >= 11 is 0. The van der Waals surface area contributed by atoms with Gasteiger partial charge in [0.1, 0.15) is 5.75 Å². The van der Waals surface area contributed by atoms with Crippen molar-refractivity contribution in [2.75, 3.05) is 13.7 Å². The van der Waals surface area contributed by atoms with Gasteiger partial charge in [-0.25, -0.2) is 0 Å². The Morgan fingerprint density at radius 2 is 1.90 bits per heavy atom. The van der Waals surface area contributed by atoms with Crippen LogP contribution in [-0.2, 0) is 6.42 Å². The van der Waals surface area contributed by atoms with Crippen molar-refractivity contribution in [3.05, 3.63) is 29.3 Å². The second kappa shape index (κ2) is 7.31. The summed E-state index contributed by atoms with van der Waals surface area (Å²) in [7, 11) is 1.75. The molecule has 0 amide bonds. The zero-order valence-corrected chi connectivity index (χ0v) is 14.3. The fourth-order valence-electron chi connectivity index (χ4n) is 3.65. The molecule has 0 spiro atoms. The molecule has 1 aromatic rings. The Morgan fingerprint density at radius 1 is 1.19 bits per heavy atom. The summed E-state index contributed by atoms with van der Waals surface area (Å²) in [6.07, 6.45) is 3.70. The minimum atomic E-state index is 0.514. The summed E-state index contributed by atoms with van der Waals surface area (Å²) in [5, 5.41) is 3.84. The number of hydrogen-bond donors (Lipinski definition) is 1. The first kappa shape index (κ1) is 16.4. The smallest absolute Gasteiger partial charge is 0.119 e. The molecule has 0 saturated carbocycles. The molecule has 1 aliphatic rings. The highest BCUT2D eigenvalue weighted by molar-refractivity contribution is 5.39. The third kappa shape index (κ3) is 4.00. The van der Waals surface area contributed by atoms with Crippen LogP contribution in [0.3, 0.4) is 0 Å². The van der Waals surface area contributed by atoms with E-state index >= 15 is 0 Å². The van der Waals surface area contributed by atoms with E-state index in [4.69, 9.17) is 4.74 Å². The maximum atomic E-state index is 5.36. The molecule has 2 nitrogen and oxygen atoms in total. The highest BCUT2D eigenvalue weighted by Crippen LogP contribution is 2.32. The summed E-state index contributed by atoms with van der Waals surface area (Å²) in [5.41, 5.74) is 2.94. The van der Waals surface area contributed by atoms with Crippen LogP contribution in [0, 0.1) is 17.8 Å². The highest BCUT2D eigenvalue weighted by Gasteiger charge is 2.23. The molecule has 1 aliphatic carbocycles. The van der Waals surface area contributed by atoms with Gasteiger partial charge in [0.15, 0.2) is 0 Å². The maximum Gasteiger partial charge on any atom is 0.119 e. The van der Waals surface area contributed by atoms with Crippen LogP contribution in [0.5, 0.6) is 5.75 Å². The molecular formula is C19H31NO. The van der Waals surface area contributed by atoms with E-state index in [0.29, 0.717) is 6.04 Å². The Kier molecular flexibility index (Phi) is 5.69. The van der Waals surface area contributed by atoms with E-state index in [1.807, 2.05) is 0 Å². The normalized spacial score (nSPS) is 18.4. The summed E-state index contributed by atoms with van der Waals surface area (Å²) in [6.45, 7) is 10.5. The largest absolute Gasteiger partial charge is 0.497 e. The summed E-state index contributed by atoms with van der Waals surface area (Å²) < 4.78 is 5.36. The number of nitrogens with one attached hydrogen (secondary N) is 1. The van der Waals surface area contributed by atoms with Gasteiger partial charge >= 0.3 is 0 Å². The van der Waals surface area contributed by atoms with Crippen molar-refractivity contribution in [3.8, 4) is 5.75 Å². The van der Waals surface area contributed by atoms with E-state index in [1.54, 1.807) is 7.11 Å². The Labute approximate surface area is 130 Å². The van der Waals surface area contributed by atoms with Crippen LogP contribution in [0.2, 0.25) is 0 Å². The number of aryl methyl sites for hydroxylation is 1. The molecule has 0 bridgehead atoms. The van der Waals surface area contributed by atoms with E-state index in [-0.39, 0.29) is 0 Å². The van der Waals surface area contributed by atoms with Crippen molar-refractivity contribution < 1.29 is 4.74 Å². The standard InChI is InChI=1S/C19H31NO/c1-13(2)18(14(3)4)12-20-19-8-6-7-15-11-16(21-5)9-10-17(15)19/h9-11,13-14,18-20H,6-8,12H2,1-5H3. The average Bonchev–Trinajstić information content (AvgIpc) is 2.46. The Bertz CT molecular complexity index is 445. The molecule has 1 N–H and O–H groups in total. The quantitative estimate of drug-likeness (QED) is 0.827. The van der Waals surface area contributed by atoms with Crippen molar-refractivity contribution in [1.82, 2.24) is 5.32 Å². The number of rotatable bonds is 6. The molecule has 0 aromatic heterocycles. The molecule has 21 heavy (non-hydrogen) atoms. The Balaban J connectivity index is 2.06. The Hall–Kier alpha value is -1.02. The molecule has 0 aliphatic heterocycles. The summed E-state index contributed by atoms with van der Waals surface area (Å²) in [4.78, 5) is 0. The average molecular weight is 289 g/mol. The predicted molar refractivity (Wildman–Crippen MR) is 89.8 cm³/mol. The van der Waals surface area contributed by atoms with Gasteiger partial charge in [0.05, 0.1) is 7.11 Å². The number of hydrogen-bond acceptors (Lipinski definition) is 2. The molecule has 0 saturated heterocycles. The highest BCUT2D eigenvalue weighted by atomic mass is 16.5. The van der Waals surface area contributed by atoms with Gasteiger partial charge in [-0.15, -0.1) is 0 Å². The third-order valence-electron chi connectivity index (χ3n) is 4.98. The number of ether oxygens (including phenoxy) is 1.